The van der Waals surface area contributed by atoms with Crippen LogP contribution in [0.15, 0.2) is 103 Å². The Morgan fingerprint density at radius 1 is 0.696 bits per heavy atom. The van der Waals surface area contributed by atoms with Gasteiger partial charge in [0.1, 0.15) is 36.3 Å². The monoisotopic (exact) mass is 646 g/mol. The number of ether oxygens (including phenoxy) is 5. The summed E-state index contributed by atoms with van der Waals surface area (Å²) in [6, 6.07) is 23.6. The highest BCUT2D eigenvalue weighted by Gasteiger charge is 2.16. The topological polar surface area (TPSA) is 97.4 Å². The van der Waals surface area contributed by atoms with Gasteiger partial charge in [0.15, 0.2) is 0 Å². The number of hydrogen-bond acceptors (Lipinski definition) is 8. The van der Waals surface area contributed by atoms with Crippen LogP contribution in [-0.4, -0.2) is 44.3 Å². The van der Waals surface area contributed by atoms with Crippen molar-refractivity contribution in [3.8, 4) is 17.2 Å². The summed E-state index contributed by atoms with van der Waals surface area (Å²) in [6.45, 7) is 3.16. The molecule has 0 heterocycles. The van der Waals surface area contributed by atoms with E-state index in [2.05, 4.69) is 11.3 Å². The zero-order valence-electron chi connectivity index (χ0n) is 24.1. The molecule has 5 aromatic carbocycles. The summed E-state index contributed by atoms with van der Waals surface area (Å²) in [5.41, 5.74) is 0.526. The summed E-state index contributed by atoms with van der Waals surface area (Å²) in [5.74, 6) is -3.02. The number of hydrogen-bond donors (Lipinski definition) is 0. The van der Waals surface area contributed by atoms with E-state index in [-0.39, 0.29) is 59.9 Å². The Labute approximate surface area is 266 Å². The molecule has 0 aliphatic carbocycles. The molecule has 5 aromatic rings. The Morgan fingerprint density at radius 2 is 1.37 bits per heavy atom. The maximum Gasteiger partial charge on any atom is 0.366 e. The van der Waals surface area contributed by atoms with Gasteiger partial charge in [0.05, 0.1) is 29.4 Å². The highest BCUT2D eigenvalue weighted by atomic mass is 35.5. The second-order valence-corrected chi connectivity index (χ2v) is 10.1. The minimum Gasteiger partial charge on any atom is -0.491 e. The first-order valence-corrected chi connectivity index (χ1v) is 14.2. The van der Waals surface area contributed by atoms with Gasteiger partial charge in [-0.15, -0.1) is 0 Å². The summed E-state index contributed by atoms with van der Waals surface area (Å²) >= 11 is 6.56. The molecule has 5 rings (SSSR count). The first kappa shape index (κ1) is 32.1. The molecular formula is C35H25ClF2O8. The van der Waals surface area contributed by atoms with Gasteiger partial charge < -0.3 is 23.7 Å². The number of esters is 3. The fraction of sp³-hybridized carbons (Fsp3) is 0.114. The van der Waals surface area contributed by atoms with Crippen LogP contribution < -0.4 is 14.2 Å². The van der Waals surface area contributed by atoms with Crippen molar-refractivity contribution >= 4 is 51.1 Å². The van der Waals surface area contributed by atoms with Crippen molar-refractivity contribution in [3.05, 3.63) is 125 Å². The van der Waals surface area contributed by atoms with Crippen molar-refractivity contribution in [2.45, 2.75) is 0 Å². The maximum atomic E-state index is 14.0. The third kappa shape index (κ3) is 7.84. The lowest BCUT2D eigenvalue weighted by atomic mass is 10.1. The zero-order valence-corrected chi connectivity index (χ0v) is 24.9. The molecule has 11 heteroatoms. The van der Waals surface area contributed by atoms with E-state index in [1.807, 2.05) is 0 Å². The molecule has 0 aromatic heterocycles. The molecule has 0 bridgehead atoms. The van der Waals surface area contributed by atoms with Crippen LogP contribution in [0.3, 0.4) is 0 Å². The van der Waals surface area contributed by atoms with Gasteiger partial charge in [0, 0.05) is 10.8 Å². The van der Waals surface area contributed by atoms with Crippen molar-refractivity contribution in [1.82, 2.24) is 0 Å². The number of carbonyl (C=O) groups excluding carboxylic acids is 3. The SMILES string of the molecule is C=C(F)C(=O)OCCOCCOc1ccc(C(=O)Oc2ccc3cc(C(=O)Oc4ccc5c(F)cccc5c4)ccc3c2Cl)cc1. The molecule has 0 aliphatic heterocycles. The Kier molecular flexibility index (Phi) is 10.2. The van der Waals surface area contributed by atoms with Crippen LogP contribution in [0.1, 0.15) is 20.7 Å². The van der Waals surface area contributed by atoms with Crippen LogP contribution in [0, 0.1) is 5.82 Å². The van der Waals surface area contributed by atoms with Gasteiger partial charge in [0.25, 0.3) is 0 Å². The Morgan fingerprint density at radius 3 is 2.15 bits per heavy atom. The van der Waals surface area contributed by atoms with Gasteiger partial charge in [-0.25, -0.2) is 18.8 Å². The first-order valence-electron chi connectivity index (χ1n) is 13.9. The second-order valence-electron chi connectivity index (χ2n) is 9.74. The van der Waals surface area contributed by atoms with Crippen LogP contribution in [-0.2, 0) is 14.3 Å². The van der Waals surface area contributed by atoms with Gasteiger partial charge in [-0.1, -0.05) is 42.4 Å². The normalized spacial score (nSPS) is 10.8. The smallest absolute Gasteiger partial charge is 0.366 e. The van der Waals surface area contributed by atoms with Gasteiger partial charge in [-0.3, -0.25) is 0 Å². The highest BCUT2D eigenvalue weighted by molar-refractivity contribution is 6.37. The van der Waals surface area contributed by atoms with Crippen molar-refractivity contribution in [3.63, 3.8) is 0 Å². The summed E-state index contributed by atoms with van der Waals surface area (Å²) in [4.78, 5) is 36.6. The minimum absolute atomic E-state index is 0.0639. The predicted molar refractivity (Wildman–Crippen MR) is 167 cm³/mol. The van der Waals surface area contributed by atoms with Crippen LogP contribution in [0.5, 0.6) is 17.2 Å². The fourth-order valence-electron chi connectivity index (χ4n) is 4.37. The van der Waals surface area contributed by atoms with E-state index in [0.717, 1.165) is 0 Å². The molecule has 234 valence electrons. The first-order chi connectivity index (χ1) is 22.2. The molecule has 0 N–H and O–H groups in total. The summed E-state index contributed by atoms with van der Waals surface area (Å²) in [6.07, 6.45) is 0. The van der Waals surface area contributed by atoms with E-state index >= 15 is 0 Å². The molecule has 0 spiro atoms. The van der Waals surface area contributed by atoms with E-state index in [0.29, 0.717) is 27.3 Å². The molecule has 0 saturated heterocycles. The van der Waals surface area contributed by atoms with Crippen molar-refractivity contribution < 1.29 is 46.8 Å². The highest BCUT2D eigenvalue weighted by Crippen LogP contribution is 2.34. The molecule has 0 aliphatic rings. The third-order valence-electron chi connectivity index (χ3n) is 6.63. The van der Waals surface area contributed by atoms with E-state index in [1.165, 1.54) is 30.3 Å². The Bertz CT molecular complexity index is 1940. The number of benzene rings is 5. The summed E-state index contributed by atoms with van der Waals surface area (Å²) in [5, 5.41) is 2.39. The molecule has 8 nitrogen and oxygen atoms in total. The van der Waals surface area contributed by atoms with E-state index in [9.17, 15) is 23.2 Å². The van der Waals surface area contributed by atoms with Crippen LogP contribution in [0.4, 0.5) is 8.78 Å². The number of halogens is 3. The number of carbonyl (C=O) groups is 3. The standard InChI is InChI=1S/C35H25ClF2O8/c1-21(37)33(39)44-18-16-42-15-17-43-26-9-5-22(6-10-26)34(40)46-31-14-8-24-19-25(7-12-29(24)32(31)36)35(41)45-27-11-13-28-23(20-27)3-2-4-30(28)38/h2-14,19-20H,1,15-18H2. The molecule has 0 fully saturated rings. The summed E-state index contributed by atoms with van der Waals surface area (Å²) in [7, 11) is 0. The molecule has 0 unspecified atom stereocenters. The zero-order chi connectivity index (χ0) is 32.6. The Hall–Kier alpha value is -5.32. The number of fused-ring (bicyclic) bond motifs is 2. The van der Waals surface area contributed by atoms with Crippen LogP contribution in [0.25, 0.3) is 21.5 Å². The fourth-order valence-corrected chi connectivity index (χ4v) is 4.64. The maximum absolute atomic E-state index is 14.0. The molecule has 0 radical (unpaired) electrons. The lowest BCUT2D eigenvalue weighted by Crippen LogP contribution is -2.13. The average Bonchev–Trinajstić information content (AvgIpc) is 3.05. The predicted octanol–water partition coefficient (Wildman–Crippen LogP) is 7.65. The second kappa shape index (κ2) is 14.6. The minimum atomic E-state index is -1.17. The van der Waals surface area contributed by atoms with E-state index in [4.69, 9.17) is 30.5 Å². The average molecular weight is 647 g/mol. The quantitative estimate of drug-likeness (QED) is 0.0590. The van der Waals surface area contributed by atoms with Gasteiger partial charge in [-0.05, 0) is 77.5 Å². The lowest BCUT2D eigenvalue weighted by molar-refractivity contribution is -0.142. The lowest BCUT2D eigenvalue weighted by Gasteiger charge is -2.11. The van der Waals surface area contributed by atoms with Crippen LogP contribution >= 0.6 is 11.6 Å². The molecule has 0 saturated carbocycles. The van der Waals surface area contributed by atoms with E-state index in [1.54, 1.807) is 60.7 Å². The molecule has 0 atom stereocenters. The van der Waals surface area contributed by atoms with E-state index < -0.39 is 23.7 Å². The van der Waals surface area contributed by atoms with Crippen molar-refractivity contribution in [2.24, 2.45) is 0 Å². The molecule has 46 heavy (non-hydrogen) atoms. The van der Waals surface area contributed by atoms with Crippen LogP contribution in [0.2, 0.25) is 5.02 Å². The summed E-state index contributed by atoms with van der Waals surface area (Å²) < 4.78 is 52.9. The van der Waals surface area contributed by atoms with Gasteiger partial charge in [0.2, 0.25) is 5.83 Å². The van der Waals surface area contributed by atoms with Crippen molar-refractivity contribution in [2.75, 3.05) is 26.4 Å². The largest absolute Gasteiger partial charge is 0.491 e. The third-order valence-corrected chi connectivity index (χ3v) is 7.02. The van der Waals surface area contributed by atoms with Crippen molar-refractivity contribution in [1.29, 1.82) is 0 Å². The van der Waals surface area contributed by atoms with Gasteiger partial charge in [-0.2, -0.15) is 4.39 Å². The molecule has 0 amide bonds. The Balaban J connectivity index is 1.15. The molecular weight excluding hydrogens is 622 g/mol. The van der Waals surface area contributed by atoms with Gasteiger partial charge >= 0.3 is 17.9 Å². The number of rotatable bonds is 12.